The number of hydrogen-bond acceptors (Lipinski definition) is 4. The van der Waals surface area contributed by atoms with Gasteiger partial charge in [0.05, 0.1) is 17.6 Å². The standard InChI is InChI=1S/C15H20N2O4/c1-10(2)14-9-16(7-8-21-14)15(18)12-5-4-6-13(11(12)3)17(19)20/h4-6,10,14H,7-9H2,1-3H3/t14-/m1/s1. The molecule has 0 aromatic heterocycles. The molecular formula is C15H20N2O4. The molecule has 0 N–H and O–H groups in total. The van der Waals surface area contributed by atoms with Crippen LogP contribution in [-0.4, -0.2) is 41.5 Å². The number of morpholine rings is 1. The van der Waals surface area contributed by atoms with Crippen molar-refractivity contribution in [2.75, 3.05) is 19.7 Å². The van der Waals surface area contributed by atoms with Crippen LogP contribution >= 0.6 is 0 Å². The third-order valence-electron chi connectivity index (χ3n) is 3.86. The van der Waals surface area contributed by atoms with E-state index >= 15 is 0 Å². The topological polar surface area (TPSA) is 72.7 Å². The molecule has 2 rings (SSSR count). The van der Waals surface area contributed by atoms with Crippen molar-refractivity contribution in [3.05, 3.63) is 39.4 Å². The van der Waals surface area contributed by atoms with Gasteiger partial charge in [0.2, 0.25) is 0 Å². The molecule has 1 aliphatic rings. The predicted molar refractivity (Wildman–Crippen MR) is 78.3 cm³/mol. The first-order chi connectivity index (χ1) is 9.91. The van der Waals surface area contributed by atoms with Crippen LogP contribution in [0.5, 0.6) is 0 Å². The van der Waals surface area contributed by atoms with Crippen LogP contribution in [0, 0.1) is 23.0 Å². The number of carbonyl (C=O) groups excluding carboxylic acids is 1. The molecule has 1 atom stereocenters. The van der Waals surface area contributed by atoms with Crippen molar-refractivity contribution in [1.29, 1.82) is 0 Å². The minimum absolute atomic E-state index is 0.0155. The summed E-state index contributed by atoms with van der Waals surface area (Å²) in [6.45, 7) is 7.27. The SMILES string of the molecule is Cc1c(C(=O)N2CCO[C@@H](C(C)C)C2)cccc1[N+](=O)[O-]. The van der Waals surface area contributed by atoms with Gasteiger partial charge in [-0.3, -0.25) is 14.9 Å². The Labute approximate surface area is 123 Å². The van der Waals surface area contributed by atoms with Crippen molar-refractivity contribution in [3.8, 4) is 0 Å². The molecule has 0 radical (unpaired) electrons. The fourth-order valence-corrected chi connectivity index (χ4v) is 2.49. The molecule has 1 amide bonds. The van der Waals surface area contributed by atoms with Gasteiger partial charge in [0.1, 0.15) is 0 Å². The van der Waals surface area contributed by atoms with Crippen molar-refractivity contribution >= 4 is 11.6 Å². The molecule has 1 fully saturated rings. The van der Waals surface area contributed by atoms with E-state index in [4.69, 9.17) is 4.74 Å². The summed E-state index contributed by atoms with van der Waals surface area (Å²) in [7, 11) is 0. The van der Waals surface area contributed by atoms with Crippen LogP contribution < -0.4 is 0 Å². The van der Waals surface area contributed by atoms with Gasteiger partial charge in [-0.15, -0.1) is 0 Å². The second-order valence-corrected chi connectivity index (χ2v) is 5.61. The molecule has 6 heteroatoms. The Balaban J connectivity index is 2.24. The normalized spacial score (nSPS) is 18.9. The summed E-state index contributed by atoms with van der Waals surface area (Å²) in [4.78, 5) is 24.9. The van der Waals surface area contributed by atoms with E-state index < -0.39 is 4.92 Å². The van der Waals surface area contributed by atoms with Gasteiger partial charge in [-0.1, -0.05) is 19.9 Å². The Bertz CT molecular complexity index is 557. The fourth-order valence-electron chi connectivity index (χ4n) is 2.49. The van der Waals surface area contributed by atoms with E-state index in [0.29, 0.717) is 36.7 Å². The van der Waals surface area contributed by atoms with Crippen LogP contribution in [0.15, 0.2) is 18.2 Å². The first-order valence-corrected chi connectivity index (χ1v) is 7.06. The summed E-state index contributed by atoms with van der Waals surface area (Å²) in [6.07, 6.45) is 0.0155. The Kier molecular flexibility index (Phi) is 4.57. The number of ether oxygens (including phenoxy) is 1. The van der Waals surface area contributed by atoms with Crippen molar-refractivity contribution in [2.45, 2.75) is 26.9 Å². The first-order valence-electron chi connectivity index (χ1n) is 7.06. The lowest BCUT2D eigenvalue weighted by molar-refractivity contribution is -0.385. The molecule has 21 heavy (non-hydrogen) atoms. The van der Waals surface area contributed by atoms with Gasteiger partial charge >= 0.3 is 0 Å². The predicted octanol–water partition coefficient (Wildman–Crippen LogP) is 2.40. The maximum Gasteiger partial charge on any atom is 0.273 e. The minimum Gasteiger partial charge on any atom is -0.374 e. The second kappa shape index (κ2) is 6.22. The largest absolute Gasteiger partial charge is 0.374 e. The van der Waals surface area contributed by atoms with Crippen LogP contribution in [0.3, 0.4) is 0 Å². The average Bonchev–Trinajstić information content (AvgIpc) is 2.46. The molecule has 0 unspecified atom stereocenters. The van der Waals surface area contributed by atoms with E-state index in [1.165, 1.54) is 6.07 Å². The van der Waals surface area contributed by atoms with Crippen LogP contribution in [-0.2, 0) is 4.74 Å². The third-order valence-corrected chi connectivity index (χ3v) is 3.86. The number of amides is 1. The summed E-state index contributed by atoms with van der Waals surface area (Å²) >= 11 is 0. The van der Waals surface area contributed by atoms with Crippen molar-refractivity contribution in [2.24, 2.45) is 5.92 Å². The molecule has 0 spiro atoms. The lowest BCUT2D eigenvalue weighted by Crippen LogP contribution is -2.47. The molecule has 1 saturated heterocycles. The Hall–Kier alpha value is -1.95. The molecule has 1 aliphatic heterocycles. The van der Waals surface area contributed by atoms with E-state index in [-0.39, 0.29) is 17.7 Å². The molecule has 114 valence electrons. The highest BCUT2D eigenvalue weighted by molar-refractivity contribution is 5.96. The molecule has 0 aliphatic carbocycles. The Morgan fingerprint density at radius 3 is 2.81 bits per heavy atom. The zero-order valence-corrected chi connectivity index (χ0v) is 12.5. The van der Waals surface area contributed by atoms with Crippen LogP contribution in [0.2, 0.25) is 0 Å². The maximum absolute atomic E-state index is 12.6. The van der Waals surface area contributed by atoms with Gasteiger partial charge < -0.3 is 9.64 Å². The first kappa shape index (κ1) is 15.4. The quantitative estimate of drug-likeness (QED) is 0.633. The fraction of sp³-hybridized carbons (Fsp3) is 0.533. The molecule has 0 saturated carbocycles. The number of nitro groups is 1. The average molecular weight is 292 g/mol. The lowest BCUT2D eigenvalue weighted by Gasteiger charge is -2.35. The zero-order valence-electron chi connectivity index (χ0n) is 12.5. The van der Waals surface area contributed by atoms with Crippen LogP contribution in [0.4, 0.5) is 5.69 Å². The number of rotatable bonds is 3. The summed E-state index contributed by atoms with van der Waals surface area (Å²) in [5, 5.41) is 11.0. The van der Waals surface area contributed by atoms with Crippen molar-refractivity contribution in [3.63, 3.8) is 0 Å². The summed E-state index contributed by atoms with van der Waals surface area (Å²) in [6, 6.07) is 4.62. The van der Waals surface area contributed by atoms with Gasteiger partial charge in [0.25, 0.3) is 11.6 Å². The number of carbonyl (C=O) groups is 1. The monoisotopic (exact) mass is 292 g/mol. The highest BCUT2D eigenvalue weighted by atomic mass is 16.6. The van der Waals surface area contributed by atoms with Crippen molar-refractivity contribution in [1.82, 2.24) is 4.90 Å². The number of nitro benzene ring substituents is 1. The van der Waals surface area contributed by atoms with E-state index in [9.17, 15) is 14.9 Å². The molecule has 1 aromatic carbocycles. The van der Waals surface area contributed by atoms with E-state index in [1.807, 2.05) is 0 Å². The van der Waals surface area contributed by atoms with Crippen LogP contribution in [0.1, 0.15) is 29.8 Å². The van der Waals surface area contributed by atoms with Gasteiger partial charge in [-0.25, -0.2) is 0 Å². The summed E-state index contributed by atoms with van der Waals surface area (Å²) < 4.78 is 5.65. The Morgan fingerprint density at radius 2 is 2.19 bits per heavy atom. The van der Waals surface area contributed by atoms with Gasteiger partial charge in [0, 0.05) is 30.3 Å². The number of benzene rings is 1. The van der Waals surface area contributed by atoms with E-state index in [0.717, 1.165) is 0 Å². The molecule has 0 bridgehead atoms. The van der Waals surface area contributed by atoms with Crippen LogP contribution in [0.25, 0.3) is 0 Å². The smallest absolute Gasteiger partial charge is 0.273 e. The lowest BCUT2D eigenvalue weighted by atomic mass is 10.0. The highest BCUT2D eigenvalue weighted by Gasteiger charge is 2.28. The summed E-state index contributed by atoms with van der Waals surface area (Å²) in [5.74, 6) is 0.164. The minimum atomic E-state index is -0.456. The van der Waals surface area contributed by atoms with Gasteiger partial charge in [-0.05, 0) is 18.9 Å². The maximum atomic E-state index is 12.6. The van der Waals surface area contributed by atoms with Crippen molar-refractivity contribution < 1.29 is 14.5 Å². The molecular weight excluding hydrogens is 272 g/mol. The zero-order chi connectivity index (χ0) is 15.6. The third kappa shape index (κ3) is 3.21. The van der Waals surface area contributed by atoms with E-state index in [2.05, 4.69) is 13.8 Å². The Morgan fingerprint density at radius 1 is 1.48 bits per heavy atom. The molecule has 1 heterocycles. The van der Waals surface area contributed by atoms with Gasteiger partial charge in [0.15, 0.2) is 0 Å². The van der Waals surface area contributed by atoms with E-state index in [1.54, 1.807) is 24.0 Å². The number of nitrogens with zero attached hydrogens (tertiary/aromatic N) is 2. The van der Waals surface area contributed by atoms with Gasteiger partial charge in [-0.2, -0.15) is 0 Å². The highest BCUT2D eigenvalue weighted by Crippen LogP contribution is 2.23. The summed E-state index contributed by atoms with van der Waals surface area (Å²) in [5.41, 5.74) is 0.795. The molecule has 1 aromatic rings. The molecule has 6 nitrogen and oxygen atoms in total. The number of hydrogen-bond donors (Lipinski definition) is 0. The second-order valence-electron chi connectivity index (χ2n) is 5.61.